The first kappa shape index (κ1) is 12.8. The van der Waals surface area contributed by atoms with Crippen molar-refractivity contribution in [1.29, 1.82) is 0 Å². The molecule has 0 aliphatic heterocycles. The molecule has 2 rings (SSSR count). The predicted molar refractivity (Wildman–Crippen MR) is 73.4 cm³/mol. The smallest absolute Gasteiger partial charge is 0.138 e. The van der Waals surface area contributed by atoms with Gasteiger partial charge >= 0.3 is 0 Å². The summed E-state index contributed by atoms with van der Waals surface area (Å²) < 4.78 is 16.7. The Labute approximate surface area is 116 Å². The summed E-state index contributed by atoms with van der Waals surface area (Å²) in [7, 11) is 1.86. The molecule has 0 saturated carbocycles. The second-order valence-corrected chi connectivity index (χ2v) is 5.36. The van der Waals surface area contributed by atoms with Crippen molar-refractivity contribution < 1.29 is 4.39 Å². The van der Waals surface area contributed by atoms with Crippen LogP contribution in [0.4, 0.5) is 4.39 Å². The van der Waals surface area contributed by atoms with E-state index in [0.29, 0.717) is 4.47 Å². The third-order valence-corrected chi connectivity index (χ3v) is 4.06. The lowest BCUT2D eigenvalue weighted by atomic mass is 10.1. The largest absolute Gasteiger partial charge is 0.266 e. The van der Waals surface area contributed by atoms with Gasteiger partial charge in [-0.15, -0.1) is 0 Å². The molecule has 0 saturated heterocycles. The first-order valence-corrected chi connectivity index (χ1v) is 6.80. The van der Waals surface area contributed by atoms with Crippen molar-refractivity contribution in [1.82, 2.24) is 9.78 Å². The van der Waals surface area contributed by atoms with Gasteiger partial charge in [-0.25, -0.2) is 4.39 Å². The monoisotopic (exact) mass is 360 g/mol. The molecule has 90 valence electrons. The topological polar surface area (TPSA) is 17.8 Å². The highest BCUT2D eigenvalue weighted by Gasteiger charge is 2.15. The zero-order chi connectivity index (χ0) is 12.6. The van der Waals surface area contributed by atoms with Crippen molar-refractivity contribution in [3.8, 4) is 11.3 Å². The Kier molecular flexibility index (Phi) is 3.68. The molecule has 17 heavy (non-hydrogen) atoms. The van der Waals surface area contributed by atoms with E-state index in [1.165, 1.54) is 6.07 Å². The first-order chi connectivity index (χ1) is 8.04. The van der Waals surface area contributed by atoms with Gasteiger partial charge in [-0.05, 0) is 50.4 Å². The van der Waals surface area contributed by atoms with Crippen LogP contribution in [0, 0.1) is 5.82 Å². The minimum atomic E-state index is -0.270. The summed E-state index contributed by atoms with van der Waals surface area (Å²) in [6.45, 7) is 2.04. The molecule has 1 aromatic heterocycles. The van der Waals surface area contributed by atoms with Crippen LogP contribution in [0.25, 0.3) is 11.3 Å². The van der Waals surface area contributed by atoms with Gasteiger partial charge in [0.05, 0.1) is 20.3 Å². The fourth-order valence-corrected chi connectivity index (χ4v) is 2.83. The third kappa shape index (κ3) is 2.31. The molecular weight excluding hydrogens is 351 g/mol. The van der Waals surface area contributed by atoms with Gasteiger partial charge in [0.1, 0.15) is 5.82 Å². The summed E-state index contributed by atoms with van der Waals surface area (Å²) in [6, 6.07) is 5.08. The van der Waals surface area contributed by atoms with Crippen molar-refractivity contribution in [3.05, 3.63) is 38.7 Å². The maximum absolute atomic E-state index is 13.5. The fraction of sp³-hybridized carbons (Fsp3) is 0.250. The Hall–Kier alpha value is -0.680. The van der Waals surface area contributed by atoms with Crippen LogP contribution >= 0.6 is 31.9 Å². The average molecular weight is 362 g/mol. The highest BCUT2D eigenvalue weighted by Crippen LogP contribution is 2.32. The van der Waals surface area contributed by atoms with Gasteiger partial charge in [-0.3, -0.25) is 4.68 Å². The normalized spacial score (nSPS) is 10.9. The zero-order valence-corrected chi connectivity index (χ0v) is 12.6. The zero-order valence-electron chi connectivity index (χ0n) is 9.47. The Morgan fingerprint density at radius 2 is 2.06 bits per heavy atom. The van der Waals surface area contributed by atoms with Gasteiger partial charge in [0.15, 0.2) is 0 Å². The van der Waals surface area contributed by atoms with Crippen molar-refractivity contribution in [2.75, 3.05) is 0 Å². The standard InChI is InChI=1S/C12H11Br2FN2/c1-3-10-11(14)12(17(2)16-10)7-4-5-8(13)9(15)6-7/h4-6H,3H2,1-2H3. The van der Waals surface area contributed by atoms with Gasteiger partial charge < -0.3 is 0 Å². The van der Waals surface area contributed by atoms with Crippen LogP contribution in [0.3, 0.4) is 0 Å². The van der Waals surface area contributed by atoms with Crippen LogP contribution < -0.4 is 0 Å². The minimum Gasteiger partial charge on any atom is -0.266 e. The van der Waals surface area contributed by atoms with Gasteiger partial charge in [0.2, 0.25) is 0 Å². The first-order valence-electron chi connectivity index (χ1n) is 5.21. The van der Waals surface area contributed by atoms with E-state index in [1.54, 1.807) is 10.7 Å². The maximum atomic E-state index is 13.5. The summed E-state index contributed by atoms with van der Waals surface area (Å²) in [5.74, 6) is -0.270. The average Bonchev–Trinajstić information content (AvgIpc) is 2.58. The molecule has 0 N–H and O–H groups in total. The van der Waals surface area contributed by atoms with Crippen molar-refractivity contribution in [2.24, 2.45) is 7.05 Å². The van der Waals surface area contributed by atoms with E-state index in [2.05, 4.69) is 37.0 Å². The molecule has 1 heterocycles. The Morgan fingerprint density at radius 1 is 1.35 bits per heavy atom. The van der Waals surface area contributed by atoms with Crippen LogP contribution in [0.2, 0.25) is 0 Å². The summed E-state index contributed by atoms with van der Waals surface area (Å²) >= 11 is 6.67. The molecule has 2 aromatic rings. The van der Waals surface area contributed by atoms with Crippen LogP contribution in [0.5, 0.6) is 0 Å². The molecule has 0 fully saturated rings. The number of benzene rings is 1. The Morgan fingerprint density at radius 3 is 2.59 bits per heavy atom. The van der Waals surface area contributed by atoms with E-state index in [9.17, 15) is 4.39 Å². The lowest BCUT2D eigenvalue weighted by Gasteiger charge is -2.04. The molecule has 2 nitrogen and oxygen atoms in total. The fourth-order valence-electron chi connectivity index (χ4n) is 1.74. The number of aryl methyl sites for hydroxylation is 2. The van der Waals surface area contributed by atoms with Gasteiger partial charge in [-0.2, -0.15) is 5.10 Å². The van der Waals surface area contributed by atoms with Crippen LogP contribution in [-0.4, -0.2) is 9.78 Å². The molecule has 0 unspecified atom stereocenters. The van der Waals surface area contributed by atoms with Gasteiger partial charge in [0, 0.05) is 12.6 Å². The molecule has 0 spiro atoms. The van der Waals surface area contributed by atoms with E-state index in [-0.39, 0.29) is 5.82 Å². The van der Waals surface area contributed by atoms with Crippen LogP contribution in [0.1, 0.15) is 12.6 Å². The Balaban J connectivity index is 2.60. The Bertz CT molecular complexity index is 564. The molecule has 5 heteroatoms. The second-order valence-electron chi connectivity index (χ2n) is 3.72. The van der Waals surface area contributed by atoms with Crippen molar-refractivity contribution in [3.63, 3.8) is 0 Å². The lowest BCUT2D eigenvalue weighted by molar-refractivity contribution is 0.621. The number of nitrogens with zero attached hydrogens (tertiary/aromatic N) is 2. The number of aromatic nitrogens is 2. The van der Waals surface area contributed by atoms with Crippen LogP contribution in [-0.2, 0) is 13.5 Å². The highest BCUT2D eigenvalue weighted by molar-refractivity contribution is 9.10. The summed E-state index contributed by atoms with van der Waals surface area (Å²) in [4.78, 5) is 0. The number of halogens is 3. The third-order valence-electron chi connectivity index (χ3n) is 2.58. The molecule has 0 radical (unpaired) electrons. The maximum Gasteiger partial charge on any atom is 0.138 e. The molecule has 0 aliphatic rings. The highest BCUT2D eigenvalue weighted by atomic mass is 79.9. The van der Waals surface area contributed by atoms with E-state index in [1.807, 2.05) is 20.0 Å². The molecule has 0 bridgehead atoms. The molecule has 0 atom stereocenters. The SMILES string of the molecule is CCc1nn(C)c(-c2ccc(Br)c(F)c2)c1Br. The number of hydrogen-bond donors (Lipinski definition) is 0. The van der Waals surface area contributed by atoms with E-state index < -0.39 is 0 Å². The van der Waals surface area contributed by atoms with E-state index in [0.717, 1.165) is 27.8 Å². The number of hydrogen-bond acceptors (Lipinski definition) is 1. The molecule has 0 aliphatic carbocycles. The van der Waals surface area contributed by atoms with Crippen LogP contribution in [0.15, 0.2) is 27.1 Å². The predicted octanol–water partition coefficient (Wildman–Crippen LogP) is 4.31. The molecule has 0 amide bonds. The second kappa shape index (κ2) is 4.90. The number of rotatable bonds is 2. The molecule has 1 aromatic carbocycles. The molecular formula is C12H11Br2FN2. The van der Waals surface area contributed by atoms with E-state index >= 15 is 0 Å². The summed E-state index contributed by atoms with van der Waals surface area (Å²) in [5, 5.41) is 4.39. The van der Waals surface area contributed by atoms with Crippen molar-refractivity contribution >= 4 is 31.9 Å². The minimum absolute atomic E-state index is 0.270. The summed E-state index contributed by atoms with van der Waals surface area (Å²) in [5.41, 5.74) is 2.69. The van der Waals surface area contributed by atoms with Gasteiger partial charge in [-0.1, -0.05) is 13.0 Å². The lowest BCUT2D eigenvalue weighted by Crippen LogP contribution is -1.95. The van der Waals surface area contributed by atoms with Crippen molar-refractivity contribution in [2.45, 2.75) is 13.3 Å². The van der Waals surface area contributed by atoms with E-state index in [4.69, 9.17) is 0 Å². The summed E-state index contributed by atoms with van der Waals surface area (Å²) in [6.07, 6.45) is 0.841. The quantitative estimate of drug-likeness (QED) is 0.779. The van der Waals surface area contributed by atoms with Gasteiger partial charge in [0.25, 0.3) is 0 Å².